The standard InChI is InChI=1S/C13H25NO3/c1-2-16-10-6-9-14-13(15)11-17-12-7-4-3-5-8-12/h12H,2-11H2,1H3,(H,14,15). The highest BCUT2D eigenvalue weighted by molar-refractivity contribution is 5.77. The van der Waals surface area contributed by atoms with E-state index in [1.54, 1.807) is 0 Å². The lowest BCUT2D eigenvalue weighted by molar-refractivity contribution is -0.128. The first-order valence-electron chi connectivity index (χ1n) is 6.79. The second kappa shape index (κ2) is 9.42. The molecule has 1 aliphatic rings. The van der Waals surface area contributed by atoms with Gasteiger partial charge in [-0.1, -0.05) is 19.3 Å². The van der Waals surface area contributed by atoms with Gasteiger partial charge < -0.3 is 14.8 Å². The Morgan fingerprint density at radius 1 is 1.29 bits per heavy atom. The van der Waals surface area contributed by atoms with Crippen LogP contribution in [0.25, 0.3) is 0 Å². The van der Waals surface area contributed by atoms with Crippen LogP contribution in [0, 0.1) is 0 Å². The predicted molar refractivity (Wildman–Crippen MR) is 66.9 cm³/mol. The molecule has 1 fully saturated rings. The van der Waals surface area contributed by atoms with Crippen molar-refractivity contribution in [1.82, 2.24) is 5.32 Å². The Bertz CT molecular complexity index is 203. The lowest BCUT2D eigenvalue weighted by Crippen LogP contribution is -2.31. The summed E-state index contributed by atoms with van der Waals surface area (Å²) in [6.45, 7) is 4.29. The van der Waals surface area contributed by atoms with Crippen molar-refractivity contribution >= 4 is 5.91 Å². The van der Waals surface area contributed by atoms with Crippen LogP contribution in [0.4, 0.5) is 0 Å². The van der Waals surface area contributed by atoms with Crippen LogP contribution in [0.15, 0.2) is 0 Å². The van der Waals surface area contributed by atoms with Gasteiger partial charge in [-0.2, -0.15) is 0 Å². The molecule has 1 aliphatic carbocycles. The van der Waals surface area contributed by atoms with Crippen LogP contribution in [0.3, 0.4) is 0 Å². The average Bonchev–Trinajstić information content (AvgIpc) is 2.37. The van der Waals surface area contributed by atoms with Crippen molar-refractivity contribution in [3.63, 3.8) is 0 Å². The molecule has 0 saturated heterocycles. The molecule has 0 spiro atoms. The van der Waals surface area contributed by atoms with Gasteiger partial charge in [-0.05, 0) is 26.2 Å². The SMILES string of the molecule is CCOCCCNC(=O)COC1CCCCC1. The fraction of sp³-hybridized carbons (Fsp3) is 0.923. The molecule has 1 N–H and O–H groups in total. The minimum absolute atomic E-state index is 0.00734. The molecule has 0 unspecified atom stereocenters. The summed E-state index contributed by atoms with van der Waals surface area (Å²) in [5, 5.41) is 2.84. The third-order valence-corrected chi connectivity index (χ3v) is 2.99. The number of carbonyl (C=O) groups is 1. The van der Waals surface area contributed by atoms with Crippen molar-refractivity contribution in [2.24, 2.45) is 0 Å². The van der Waals surface area contributed by atoms with E-state index in [4.69, 9.17) is 9.47 Å². The molecule has 0 aromatic heterocycles. The molecular formula is C13H25NO3. The number of amides is 1. The van der Waals surface area contributed by atoms with Crippen molar-refractivity contribution in [2.45, 2.75) is 51.6 Å². The highest BCUT2D eigenvalue weighted by Crippen LogP contribution is 2.19. The van der Waals surface area contributed by atoms with E-state index in [0.29, 0.717) is 19.3 Å². The smallest absolute Gasteiger partial charge is 0.246 e. The first-order valence-corrected chi connectivity index (χ1v) is 6.79. The van der Waals surface area contributed by atoms with Crippen LogP contribution in [0.5, 0.6) is 0 Å². The van der Waals surface area contributed by atoms with Gasteiger partial charge in [-0.3, -0.25) is 4.79 Å². The molecular weight excluding hydrogens is 218 g/mol. The van der Waals surface area contributed by atoms with Crippen molar-refractivity contribution in [3.8, 4) is 0 Å². The molecule has 17 heavy (non-hydrogen) atoms. The maximum Gasteiger partial charge on any atom is 0.246 e. The first-order chi connectivity index (χ1) is 8.33. The summed E-state index contributed by atoms with van der Waals surface area (Å²) in [4.78, 5) is 11.4. The number of carbonyl (C=O) groups excluding carboxylic acids is 1. The minimum Gasteiger partial charge on any atom is -0.382 e. The predicted octanol–water partition coefficient (Wildman–Crippen LogP) is 1.88. The van der Waals surface area contributed by atoms with Gasteiger partial charge in [0.05, 0.1) is 6.10 Å². The molecule has 1 amide bonds. The summed E-state index contributed by atoms with van der Waals surface area (Å²) in [5.74, 6) is -0.00734. The third kappa shape index (κ3) is 7.34. The summed E-state index contributed by atoms with van der Waals surface area (Å²) in [5.41, 5.74) is 0. The normalized spacial score (nSPS) is 17.0. The van der Waals surface area contributed by atoms with Gasteiger partial charge in [-0.15, -0.1) is 0 Å². The van der Waals surface area contributed by atoms with Crippen LogP contribution in [-0.4, -0.2) is 38.4 Å². The Hall–Kier alpha value is -0.610. The zero-order chi connectivity index (χ0) is 12.3. The average molecular weight is 243 g/mol. The summed E-state index contributed by atoms with van der Waals surface area (Å²) in [7, 11) is 0. The van der Waals surface area contributed by atoms with E-state index >= 15 is 0 Å². The van der Waals surface area contributed by atoms with Gasteiger partial charge in [0.15, 0.2) is 0 Å². The van der Waals surface area contributed by atoms with Crippen molar-refractivity contribution in [2.75, 3.05) is 26.4 Å². The van der Waals surface area contributed by atoms with Crippen molar-refractivity contribution in [3.05, 3.63) is 0 Å². The Balaban J connectivity index is 1.93. The molecule has 4 heteroatoms. The van der Waals surface area contributed by atoms with E-state index in [-0.39, 0.29) is 12.5 Å². The van der Waals surface area contributed by atoms with Crippen molar-refractivity contribution < 1.29 is 14.3 Å². The fourth-order valence-electron chi connectivity index (χ4n) is 2.02. The van der Waals surface area contributed by atoms with Crippen molar-refractivity contribution in [1.29, 1.82) is 0 Å². The molecule has 1 saturated carbocycles. The number of ether oxygens (including phenoxy) is 2. The molecule has 1 rings (SSSR count). The van der Waals surface area contributed by atoms with E-state index in [1.165, 1.54) is 19.3 Å². The minimum atomic E-state index is -0.00734. The van der Waals surface area contributed by atoms with Crippen LogP contribution < -0.4 is 5.32 Å². The number of hydrogen-bond acceptors (Lipinski definition) is 3. The fourth-order valence-corrected chi connectivity index (χ4v) is 2.02. The molecule has 0 aromatic rings. The molecule has 0 bridgehead atoms. The largest absolute Gasteiger partial charge is 0.382 e. The molecule has 0 atom stereocenters. The Labute approximate surface area is 104 Å². The van der Waals surface area contributed by atoms with E-state index in [1.807, 2.05) is 6.92 Å². The monoisotopic (exact) mass is 243 g/mol. The summed E-state index contributed by atoms with van der Waals surface area (Å²) in [6.07, 6.45) is 7.17. The summed E-state index contributed by atoms with van der Waals surface area (Å²) < 4.78 is 10.8. The molecule has 0 radical (unpaired) electrons. The molecule has 4 nitrogen and oxygen atoms in total. The van der Waals surface area contributed by atoms with Gasteiger partial charge in [0, 0.05) is 19.8 Å². The second-order valence-corrected chi connectivity index (χ2v) is 4.47. The Morgan fingerprint density at radius 2 is 2.06 bits per heavy atom. The third-order valence-electron chi connectivity index (χ3n) is 2.99. The zero-order valence-electron chi connectivity index (χ0n) is 10.9. The van der Waals surface area contributed by atoms with Gasteiger partial charge in [0.2, 0.25) is 5.91 Å². The van der Waals surface area contributed by atoms with E-state index < -0.39 is 0 Å². The van der Waals surface area contributed by atoms with Gasteiger partial charge in [0.25, 0.3) is 0 Å². The van der Waals surface area contributed by atoms with Gasteiger partial charge in [-0.25, -0.2) is 0 Å². The van der Waals surface area contributed by atoms with E-state index in [0.717, 1.165) is 25.9 Å². The topological polar surface area (TPSA) is 47.6 Å². The molecule has 100 valence electrons. The van der Waals surface area contributed by atoms with E-state index in [9.17, 15) is 4.79 Å². The second-order valence-electron chi connectivity index (χ2n) is 4.47. The lowest BCUT2D eigenvalue weighted by Gasteiger charge is -2.21. The lowest BCUT2D eigenvalue weighted by atomic mass is 9.98. The van der Waals surface area contributed by atoms with Crippen LogP contribution in [0.1, 0.15) is 45.4 Å². The Kier molecular flexibility index (Phi) is 8.01. The number of hydrogen-bond donors (Lipinski definition) is 1. The highest BCUT2D eigenvalue weighted by Gasteiger charge is 2.14. The van der Waals surface area contributed by atoms with E-state index in [2.05, 4.69) is 5.32 Å². The Morgan fingerprint density at radius 3 is 2.76 bits per heavy atom. The van der Waals surface area contributed by atoms with Crippen LogP contribution in [0.2, 0.25) is 0 Å². The maximum atomic E-state index is 11.4. The van der Waals surface area contributed by atoms with Crippen LogP contribution in [-0.2, 0) is 14.3 Å². The quantitative estimate of drug-likeness (QED) is 0.662. The molecule has 0 aromatic carbocycles. The van der Waals surface area contributed by atoms with Gasteiger partial charge in [0.1, 0.15) is 6.61 Å². The molecule has 0 aliphatic heterocycles. The summed E-state index contributed by atoms with van der Waals surface area (Å²) in [6, 6.07) is 0. The van der Waals surface area contributed by atoms with Crippen LogP contribution >= 0.6 is 0 Å². The number of rotatable bonds is 8. The highest BCUT2D eigenvalue weighted by atomic mass is 16.5. The molecule has 0 heterocycles. The van der Waals surface area contributed by atoms with Gasteiger partial charge >= 0.3 is 0 Å². The number of nitrogens with one attached hydrogen (secondary N) is 1. The maximum absolute atomic E-state index is 11.4. The zero-order valence-corrected chi connectivity index (χ0v) is 10.9. The summed E-state index contributed by atoms with van der Waals surface area (Å²) >= 11 is 0. The first kappa shape index (κ1) is 14.5.